The van der Waals surface area contributed by atoms with Crippen molar-refractivity contribution in [1.82, 2.24) is 0 Å². The first-order valence-corrected chi connectivity index (χ1v) is 8.73. The van der Waals surface area contributed by atoms with E-state index in [4.69, 9.17) is 0 Å². The lowest BCUT2D eigenvalue weighted by Crippen LogP contribution is -2.35. The van der Waals surface area contributed by atoms with Gasteiger partial charge in [0.2, 0.25) is 5.91 Å². The molecule has 124 valence electrons. The molecule has 1 N–H and O–H groups in total. The van der Waals surface area contributed by atoms with Gasteiger partial charge in [0.25, 0.3) is 5.91 Å². The quantitative estimate of drug-likeness (QED) is 0.710. The predicted molar refractivity (Wildman–Crippen MR) is 103 cm³/mol. The van der Waals surface area contributed by atoms with Gasteiger partial charge in [-0.25, -0.2) is 0 Å². The van der Waals surface area contributed by atoms with Crippen molar-refractivity contribution < 1.29 is 9.59 Å². The van der Waals surface area contributed by atoms with Crippen molar-refractivity contribution in [2.45, 2.75) is 6.92 Å². The molecule has 1 aliphatic heterocycles. The monoisotopic (exact) mass is 394 g/mol. The predicted octanol–water partition coefficient (Wildman–Crippen LogP) is 4.51. The Morgan fingerprint density at radius 2 is 1.88 bits per heavy atom. The zero-order chi connectivity index (χ0) is 17.6. The molecular weight excluding hydrogens is 380 g/mol. The van der Waals surface area contributed by atoms with Crippen LogP contribution in [0.25, 0.3) is 10.8 Å². The zero-order valence-corrected chi connectivity index (χ0v) is 15.1. The van der Waals surface area contributed by atoms with Crippen molar-refractivity contribution >= 4 is 49.9 Å². The molecule has 2 amide bonds. The molecule has 0 aromatic heterocycles. The van der Waals surface area contributed by atoms with Gasteiger partial charge in [-0.15, -0.1) is 0 Å². The topological polar surface area (TPSA) is 49.4 Å². The average Bonchev–Trinajstić information content (AvgIpc) is 2.86. The summed E-state index contributed by atoms with van der Waals surface area (Å²) in [6.07, 6.45) is 0. The minimum atomic E-state index is -0.234. The van der Waals surface area contributed by atoms with Gasteiger partial charge in [0.05, 0.1) is 11.4 Å². The number of hydrogen-bond acceptors (Lipinski definition) is 2. The Bertz CT molecular complexity index is 1020. The lowest BCUT2D eigenvalue weighted by molar-refractivity contribution is -0.114. The second kappa shape index (κ2) is 6.01. The maximum atomic E-state index is 12.7. The molecule has 0 unspecified atom stereocenters. The summed E-state index contributed by atoms with van der Waals surface area (Å²) in [6.45, 7) is 1.96. The summed E-state index contributed by atoms with van der Waals surface area (Å²) in [5, 5.41) is 4.79. The van der Waals surface area contributed by atoms with E-state index in [-0.39, 0.29) is 18.4 Å². The van der Waals surface area contributed by atoms with E-state index in [1.807, 2.05) is 61.5 Å². The van der Waals surface area contributed by atoms with Gasteiger partial charge in [-0.3, -0.25) is 14.5 Å². The number of halogens is 1. The minimum Gasteiger partial charge on any atom is -0.324 e. The number of amides is 2. The fourth-order valence-corrected chi connectivity index (χ4v) is 3.78. The van der Waals surface area contributed by atoms with Gasteiger partial charge in [0.15, 0.2) is 0 Å². The smallest absolute Gasteiger partial charge is 0.259 e. The third-order valence-electron chi connectivity index (χ3n) is 4.35. The summed E-state index contributed by atoms with van der Waals surface area (Å²) in [5.41, 5.74) is 3.23. The fraction of sp³-hybridized carbons (Fsp3) is 0.100. The Labute approximate surface area is 153 Å². The Morgan fingerprint density at radius 1 is 1.12 bits per heavy atom. The highest BCUT2D eigenvalue weighted by atomic mass is 79.9. The molecule has 25 heavy (non-hydrogen) atoms. The third-order valence-corrected chi connectivity index (χ3v) is 5.01. The van der Waals surface area contributed by atoms with Crippen LogP contribution in [0, 0.1) is 6.92 Å². The molecular formula is C20H15BrN2O2. The van der Waals surface area contributed by atoms with Crippen molar-refractivity contribution in [2.24, 2.45) is 0 Å². The summed E-state index contributed by atoms with van der Waals surface area (Å²) in [4.78, 5) is 26.7. The van der Waals surface area contributed by atoms with Crippen LogP contribution in [0.1, 0.15) is 15.9 Å². The molecule has 3 aromatic rings. The Hall–Kier alpha value is -2.66. The van der Waals surface area contributed by atoms with Gasteiger partial charge >= 0.3 is 0 Å². The number of hydrogen-bond donors (Lipinski definition) is 1. The van der Waals surface area contributed by atoms with Crippen LogP contribution in [0.2, 0.25) is 0 Å². The SMILES string of the molecule is Cc1ccc(NC(=O)CN2C(=O)c3cccc4cccc2c34)c(Br)c1. The number of rotatable bonds is 3. The number of anilines is 2. The number of benzene rings is 3. The molecule has 0 saturated heterocycles. The largest absolute Gasteiger partial charge is 0.324 e. The minimum absolute atomic E-state index is 0.0209. The summed E-state index contributed by atoms with van der Waals surface area (Å²) in [6, 6.07) is 17.1. The number of carbonyl (C=O) groups is 2. The van der Waals surface area contributed by atoms with E-state index in [1.54, 1.807) is 0 Å². The summed E-state index contributed by atoms with van der Waals surface area (Å²) in [5.74, 6) is -0.368. The second-order valence-electron chi connectivity index (χ2n) is 6.10. The summed E-state index contributed by atoms with van der Waals surface area (Å²) < 4.78 is 0.819. The molecule has 1 aliphatic rings. The number of nitrogens with one attached hydrogen (secondary N) is 1. The van der Waals surface area contributed by atoms with E-state index in [9.17, 15) is 9.59 Å². The molecule has 0 aliphatic carbocycles. The van der Waals surface area contributed by atoms with E-state index in [2.05, 4.69) is 21.2 Å². The van der Waals surface area contributed by atoms with Crippen molar-refractivity contribution in [2.75, 3.05) is 16.8 Å². The van der Waals surface area contributed by atoms with Crippen LogP contribution in [-0.4, -0.2) is 18.4 Å². The van der Waals surface area contributed by atoms with E-state index in [0.717, 1.165) is 26.5 Å². The van der Waals surface area contributed by atoms with Gasteiger partial charge in [0.1, 0.15) is 6.54 Å². The fourth-order valence-electron chi connectivity index (χ4n) is 3.19. The molecule has 0 radical (unpaired) electrons. The molecule has 0 bridgehead atoms. The highest BCUT2D eigenvalue weighted by molar-refractivity contribution is 9.10. The number of aryl methyl sites for hydroxylation is 1. The van der Waals surface area contributed by atoms with E-state index < -0.39 is 0 Å². The van der Waals surface area contributed by atoms with Gasteiger partial charge in [-0.1, -0.05) is 30.3 Å². The van der Waals surface area contributed by atoms with Crippen LogP contribution < -0.4 is 10.2 Å². The normalized spacial score (nSPS) is 12.7. The zero-order valence-electron chi connectivity index (χ0n) is 13.5. The van der Waals surface area contributed by atoms with Crippen LogP contribution in [0.15, 0.2) is 59.1 Å². The number of nitrogens with zero attached hydrogens (tertiary/aromatic N) is 1. The lowest BCUT2D eigenvalue weighted by atomic mass is 10.1. The Morgan fingerprint density at radius 3 is 2.64 bits per heavy atom. The third kappa shape index (κ3) is 2.70. The first-order chi connectivity index (χ1) is 12.0. The van der Waals surface area contributed by atoms with Crippen molar-refractivity contribution in [3.63, 3.8) is 0 Å². The average molecular weight is 395 g/mol. The Balaban J connectivity index is 1.61. The molecule has 4 nitrogen and oxygen atoms in total. The second-order valence-corrected chi connectivity index (χ2v) is 6.96. The molecule has 4 rings (SSSR count). The van der Waals surface area contributed by atoms with Crippen molar-refractivity contribution in [3.05, 3.63) is 70.2 Å². The standard InChI is InChI=1S/C20H15BrN2O2/c1-12-8-9-16(15(21)10-12)22-18(24)11-23-17-7-3-5-13-4-2-6-14(19(13)17)20(23)25/h2-10H,11H2,1H3,(H,22,24). The van der Waals surface area contributed by atoms with Gasteiger partial charge in [0, 0.05) is 15.4 Å². The van der Waals surface area contributed by atoms with Crippen LogP contribution in [0.5, 0.6) is 0 Å². The molecule has 3 aromatic carbocycles. The van der Waals surface area contributed by atoms with Crippen LogP contribution in [-0.2, 0) is 4.79 Å². The molecule has 0 atom stereocenters. The summed E-state index contributed by atoms with van der Waals surface area (Å²) in [7, 11) is 0. The van der Waals surface area contributed by atoms with E-state index in [0.29, 0.717) is 11.3 Å². The van der Waals surface area contributed by atoms with Gasteiger partial charge < -0.3 is 5.32 Å². The van der Waals surface area contributed by atoms with Gasteiger partial charge in [-0.05, 0) is 58.1 Å². The molecule has 0 saturated carbocycles. The maximum Gasteiger partial charge on any atom is 0.259 e. The molecule has 0 fully saturated rings. The highest BCUT2D eigenvalue weighted by Gasteiger charge is 2.30. The van der Waals surface area contributed by atoms with Gasteiger partial charge in [-0.2, -0.15) is 0 Å². The maximum absolute atomic E-state index is 12.7. The van der Waals surface area contributed by atoms with Crippen molar-refractivity contribution in [3.8, 4) is 0 Å². The molecule has 5 heteroatoms. The van der Waals surface area contributed by atoms with E-state index >= 15 is 0 Å². The molecule has 1 heterocycles. The van der Waals surface area contributed by atoms with E-state index in [1.165, 1.54) is 4.90 Å². The van der Waals surface area contributed by atoms with Crippen LogP contribution >= 0.6 is 15.9 Å². The Kier molecular flexibility index (Phi) is 3.81. The summed E-state index contributed by atoms with van der Waals surface area (Å²) >= 11 is 3.45. The lowest BCUT2D eigenvalue weighted by Gasteiger charge is -2.17. The first-order valence-electron chi connectivity index (χ1n) is 7.94. The van der Waals surface area contributed by atoms with Crippen molar-refractivity contribution in [1.29, 1.82) is 0 Å². The first kappa shape index (κ1) is 15.8. The molecule has 0 spiro atoms. The number of carbonyl (C=O) groups excluding carboxylic acids is 2. The van der Waals surface area contributed by atoms with Crippen LogP contribution in [0.3, 0.4) is 0 Å². The highest BCUT2D eigenvalue weighted by Crippen LogP contribution is 2.37. The van der Waals surface area contributed by atoms with Crippen LogP contribution in [0.4, 0.5) is 11.4 Å².